The molecule has 7 aromatic carbocycles. The van der Waals surface area contributed by atoms with Crippen molar-refractivity contribution in [3.63, 3.8) is 0 Å². The van der Waals surface area contributed by atoms with Crippen molar-refractivity contribution in [1.82, 2.24) is 0 Å². The fourth-order valence-electron chi connectivity index (χ4n) is 6.25. The summed E-state index contributed by atoms with van der Waals surface area (Å²) in [5, 5.41) is 10.7. The third kappa shape index (κ3) is 3.67. The molecule has 0 bridgehead atoms. The summed E-state index contributed by atoms with van der Waals surface area (Å²) >= 11 is 2.22. The van der Waals surface area contributed by atoms with E-state index in [-0.39, 0.29) is 0 Å². The van der Waals surface area contributed by atoms with Crippen LogP contribution in [0.4, 0.5) is 17.1 Å². The van der Waals surface area contributed by atoms with Crippen molar-refractivity contribution in [3.05, 3.63) is 140 Å². The van der Waals surface area contributed by atoms with E-state index in [4.69, 9.17) is 0 Å². The van der Waals surface area contributed by atoms with Gasteiger partial charge in [-0.3, -0.25) is 0 Å². The summed E-state index contributed by atoms with van der Waals surface area (Å²) in [6.45, 7) is 0. The van der Waals surface area contributed by atoms with Gasteiger partial charge in [-0.25, -0.2) is 0 Å². The average molecular weight is 605 g/mol. The molecule has 9 aromatic rings. The molecule has 1 nitrogen and oxygen atoms in total. The van der Waals surface area contributed by atoms with Crippen LogP contribution in [0.3, 0.4) is 0 Å². The molecule has 0 saturated heterocycles. The maximum atomic E-state index is 2.40. The van der Waals surface area contributed by atoms with Crippen molar-refractivity contribution >= 4 is 104 Å². The monoisotopic (exact) mass is 605 g/mol. The third-order valence-corrected chi connectivity index (χ3v) is 11.9. The molecule has 9 rings (SSSR count). The molecule has 0 atom stereocenters. The van der Waals surface area contributed by atoms with Crippen LogP contribution in [0, 0.1) is 0 Å². The molecular formula is C38H23NSSe. The van der Waals surface area contributed by atoms with Crippen LogP contribution in [0.15, 0.2) is 140 Å². The van der Waals surface area contributed by atoms with Crippen LogP contribution in [-0.4, -0.2) is 14.5 Å². The molecule has 0 unspecified atom stereocenters. The Kier molecular flexibility index (Phi) is 5.15. The number of anilines is 3. The van der Waals surface area contributed by atoms with E-state index in [1.54, 1.807) is 0 Å². The molecule has 3 heteroatoms. The summed E-state index contributed by atoms with van der Waals surface area (Å²) < 4.78 is 5.65. The average Bonchev–Trinajstić information content (AvgIpc) is 3.58. The third-order valence-electron chi connectivity index (χ3n) is 8.20. The predicted octanol–water partition coefficient (Wildman–Crippen LogP) is 11.2. The second-order valence-corrected chi connectivity index (χ2v) is 13.9. The zero-order valence-electron chi connectivity index (χ0n) is 22.0. The number of fused-ring (bicyclic) bond motifs is 9. The number of hydrogen-bond acceptors (Lipinski definition) is 2. The molecular weight excluding hydrogens is 581 g/mol. The van der Waals surface area contributed by atoms with Gasteiger partial charge in [0.05, 0.1) is 0 Å². The number of hydrogen-bond donors (Lipinski definition) is 0. The molecule has 0 radical (unpaired) electrons. The fraction of sp³-hybridized carbons (Fsp3) is 0. The topological polar surface area (TPSA) is 3.24 Å². The number of nitrogens with zero attached hydrogens (tertiary/aromatic N) is 1. The Morgan fingerprint density at radius 2 is 1.10 bits per heavy atom. The Morgan fingerprint density at radius 3 is 1.98 bits per heavy atom. The van der Waals surface area contributed by atoms with Gasteiger partial charge in [-0.15, -0.1) is 0 Å². The number of thiophene rings is 1. The molecule has 0 aliphatic heterocycles. The Morgan fingerprint density at radius 1 is 0.415 bits per heavy atom. The molecule has 0 aliphatic rings. The predicted molar refractivity (Wildman–Crippen MR) is 181 cm³/mol. The van der Waals surface area contributed by atoms with Gasteiger partial charge in [0.1, 0.15) is 0 Å². The first-order chi connectivity index (χ1) is 20.3. The van der Waals surface area contributed by atoms with Gasteiger partial charge in [0.15, 0.2) is 0 Å². The molecule has 0 amide bonds. The minimum atomic E-state index is 0.336. The summed E-state index contributed by atoms with van der Waals surface area (Å²) in [6.07, 6.45) is 0. The number of rotatable bonds is 3. The first-order valence-corrected chi connectivity index (χ1v) is 16.4. The Bertz CT molecular complexity index is 2420. The zero-order chi connectivity index (χ0) is 26.9. The van der Waals surface area contributed by atoms with Crippen LogP contribution in [0.5, 0.6) is 0 Å². The van der Waals surface area contributed by atoms with E-state index >= 15 is 0 Å². The standard InChI is InChI=1S/C38H23NSSe/c1-2-10-27(11-3-1)39(28-15-18-30-26(20-28)14-17-33-32-12-6-7-13-37(32)41-38(30)33)29-16-19-31-34-21-24-8-4-5-9-25(24)22-35(34)40-36(31)23-29/h1-23H. The first kappa shape index (κ1) is 23.3. The quantitative estimate of drug-likeness (QED) is 0.181. The van der Waals surface area contributed by atoms with E-state index in [0.29, 0.717) is 14.5 Å². The molecule has 0 aliphatic carbocycles. The van der Waals surface area contributed by atoms with Crippen LogP contribution < -0.4 is 4.90 Å². The molecule has 2 heterocycles. The SMILES string of the molecule is c1ccc(N(c2ccc3c(ccc4c5ccccc5[se]c34)c2)c2ccc3c(c2)sc2cc4ccccc4cc23)cc1. The van der Waals surface area contributed by atoms with Gasteiger partial charge in [-0.2, -0.15) is 0 Å². The van der Waals surface area contributed by atoms with Crippen molar-refractivity contribution in [3.8, 4) is 0 Å². The Hall–Kier alpha value is -4.40. The maximum absolute atomic E-state index is 2.40. The molecule has 2 aromatic heterocycles. The second kappa shape index (κ2) is 9.06. The van der Waals surface area contributed by atoms with Gasteiger partial charge in [-0.05, 0) is 10.8 Å². The van der Waals surface area contributed by atoms with Crippen molar-refractivity contribution in [2.24, 2.45) is 0 Å². The molecule has 0 fully saturated rings. The van der Waals surface area contributed by atoms with Gasteiger partial charge in [0.2, 0.25) is 0 Å². The van der Waals surface area contributed by atoms with E-state index in [1.807, 2.05) is 11.3 Å². The second-order valence-electron chi connectivity index (χ2n) is 10.6. The molecule has 41 heavy (non-hydrogen) atoms. The van der Waals surface area contributed by atoms with Crippen LogP contribution in [0.1, 0.15) is 0 Å². The van der Waals surface area contributed by atoms with E-state index in [0.717, 1.165) is 5.69 Å². The summed E-state index contributed by atoms with van der Waals surface area (Å²) in [5.41, 5.74) is 3.52. The van der Waals surface area contributed by atoms with Gasteiger partial charge in [-0.1, -0.05) is 24.3 Å². The summed E-state index contributed by atoms with van der Waals surface area (Å²) in [5.74, 6) is 0. The van der Waals surface area contributed by atoms with Gasteiger partial charge in [0, 0.05) is 0 Å². The van der Waals surface area contributed by atoms with Crippen LogP contribution in [0.25, 0.3) is 61.0 Å². The Balaban J connectivity index is 1.23. The number of benzene rings is 7. The van der Waals surface area contributed by atoms with Crippen LogP contribution >= 0.6 is 11.3 Å². The van der Waals surface area contributed by atoms with Gasteiger partial charge < -0.3 is 0 Å². The van der Waals surface area contributed by atoms with Crippen molar-refractivity contribution in [2.75, 3.05) is 4.90 Å². The minimum absolute atomic E-state index is 0.336. The van der Waals surface area contributed by atoms with Crippen molar-refractivity contribution in [2.45, 2.75) is 0 Å². The van der Waals surface area contributed by atoms with Crippen LogP contribution in [0.2, 0.25) is 0 Å². The summed E-state index contributed by atoms with van der Waals surface area (Å²) in [7, 11) is 0. The van der Waals surface area contributed by atoms with E-state index in [9.17, 15) is 0 Å². The Labute approximate surface area is 247 Å². The molecule has 0 spiro atoms. The van der Waals surface area contributed by atoms with Gasteiger partial charge >= 0.3 is 213 Å². The normalized spacial score (nSPS) is 11.9. The van der Waals surface area contributed by atoms with Crippen LogP contribution in [-0.2, 0) is 0 Å². The summed E-state index contributed by atoms with van der Waals surface area (Å²) in [4.78, 5) is 2.40. The fourth-order valence-corrected chi connectivity index (χ4v) is 10.0. The van der Waals surface area contributed by atoms with Crippen molar-refractivity contribution < 1.29 is 0 Å². The zero-order valence-corrected chi connectivity index (χ0v) is 24.6. The van der Waals surface area contributed by atoms with E-state index < -0.39 is 0 Å². The summed E-state index contributed by atoms with van der Waals surface area (Å²) in [6, 6.07) is 51.6. The first-order valence-electron chi connectivity index (χ1n) is 13.8. The van der Waals surface area contributed by atoms with E-state index in [1.165, 1.54) is 72.4 Å². The van der Waals surface area contributed by atoms with Gasteiger partial charge in [0.25, 0.3) is 0 Å². The number of para-hydroxylation sites is 1. The van der Waals surface area contributed by atoms with E-state index in [2.05, 4.69) is 144 Å². The molecule has 192 valence electrons. The molecule has 0 saturated carbocycles. The molecule has 0 N–H and O–H groups in total. The van der Waals surface area contributed by atoms with Crippen molar-refractivity contribution in [1.29, 1.82) is 0 Å².